The van der Waals surface area contributed by atoms with E-state index in [1.165, 1.54) is 0 Å². The molecular weight excluding hydrogens is 600 g/mol. The number of pyridine rings is 1. The maximum Gasteiger partial charge on any atom is 0.241 e. The minimum Gasteiger partial charge on any atom is -0.488 e. The monoisotopic (exact) mass is 636 g/mol. The second-order valence-electron chi connectivity index (χ2n) is 11.9. The molecule has 2 fully saturated rings. The Morgan fingerprint density at radius 3 is 2.54 bits per heavy atom. The fourth-order valence-electron chi connectivity index (χ4n) is 6.01. The molecule has 2 aliphatic heterocycles. The molecule has 0 saturated carbocycles. The number of halogens is 1. The van der Waals surface area contributed by atoms with E-state index >= 15 is 0 Å². The van der Waals surface area contributed by atoms with Gasteiger partial charge in [0.1, 0.15) is 30.3 Å². The van der Waals surface area contributed by atoms with Crippen molar-refractivity contribution >= 4 is 45.5 Å². The molecule has 2 aliphatic rings. The van der Waals surface area contributed by atoms with Crippen molar-refractivity contribution in [2.45, 2.75) is 38.4 Å². The molecule has 0 atom stereocenters. The third-order valence-corrected chi connectivity index (χ3v) is 8.85. The van der Waals surface area contributed by atoms with E-state index in [0.29, 0.717) is 52.9 Å². The van der Waals surface area contributed by atoms with E-state index in [4.69, 9.17) is 26.8 Å². The van der Waals surface area contributed by atoms with E-state index in [9.17, 15) is 10.1 Å². The standard InChI is InChI=1S/C36H37ClN6O3/c1-42-13-11-28(12-14-42)46-34-20-31-29(19-32(34)43-15-9-24(10-16-43)17-35(39)44)36(26(21-38)22-40-31)41-27-7-8-33(30(37)18-27)45-23-25-5-3-2-4-6-25/h2-8,17-20,22,28H,9-16,23H2,1H3,(H2,39,44)(H,40,41). The van der Waals surface area contributed by atoms with Crippen molar-refractivity contribution in [1.82, 2.24) is 9.88 Å². The molecule has 10 heteroatoms. The van der Waals surface area contributed by atoms with E-state index in [-0.39, 0.29) is 6.10 Å². The van der Waals surface area contributed by atoms with Crippen LogP contribution in [0.25, 0.3) is 10.9 Å². The number of carbonyl (C=O) groups excluding carboxylic acids is 1. The Hall–Kier alpha value is -4.78. The van der Waals surface area contributed by atoms with Gasteiger partial charge in [0, 0.05) is 55.6 Å². The molecule has 0 aliphatic carbocycles. The van der Waals surface area contributed by atoms with E-state index in [2.05, 4.69) is 39.3 Å². The average Bonchev–Trinajstić information content (AvgIpc) is 3.06. The molecule has 46 heavy (non-hydrogen) atoms. The molecule has 9 nitrogen and oxygen atoms in total. The molecule has 1 amide bonds. The van der Waals surface area contributed by atoms with Gasteiger partial charge < -0.3 is 30.3 Å². The lowest BCUT2D eigenvalue weighted by molar-refractivity contribution is -0.113. The number of piperidine rings is 2. The number of fused-ring (bicyclic) bond motifs is 1. The van der Waals surface area contributed by atoms with Crippen LogP contribution in [0.3, 0.4) is 0 Å². The summed E-state index contributed by atoms with van der Waals surface area (Å²) in [6, 6.07) is 21.8. The summed E-state index contributed by atoms with van der Waals surface area (Å²) in [6.07, 6.45) is 6.58. The van der Waals surface area contributed by atoms with E-state index in [1.807, 2.05) is 48.5 Å². The Kier molecular flexibility index (Phi) is 9.57. The molecule has 6 rings (SSSR count). The molecule has 4 aromatic rings. The van der Waals surface area contributed by atoms with Crippen molar-refractivity contribution in [3.8, 4) is 17.6 Å². The summed E-state index contributed by atoms with van der Waals surface area (Å²) < 4.78 is 12.6. The zero-order chi connectivity index (χ0) is 32.0. The number of nitrogens with one attached hydrogen (secondary N) is 1. The average molecular weight is 637 g/mol. The number of rotatable bonds is 9. The minimum atomic E-state index is -0.415. The van der Waals surface area contributed by atoms with Gasteiger partial charge in [-0.3, -0.25) is 9.78 Å². The lowest BCUT2D eigenvalue weighted by atomic mass is 10.0. The SMILES string of the molecule is CN1CCC(Oc2cc3ncc(C#N)c(Nc4ccc(OCc5ccccc5)c(Cl)c4)c3cc2N2CCC(=CC(N)=O)CC2)CC1. The van der Waals surface area contributed by atoms with Gasteiger partial charge in [-0.15, -0.1) is 0 Å². The van der Waals surface area contributed by atoms with E-state index in [1.54, 1.807) is 18.3 Å². The van der Waals surface area contributed by atoms with Gasteiger partial charge in [-0.25, -0.2) is 0 Å². The Morgan fingerprint density at radius 1 is 1.09 bits per heavy atom. The van der Waals surface area contributed by atoms with E-state index in [0.717, 1.165) is 66.7 Å². The largest absolute Gasteiger partial charge is 0.488 e. The number of nitrogens with two attached hydrogens (primary N) is 1. The molecule has 2 saturated heterocycles. The number of carbonyl (C=O) groups is 1. The van der Waals surface area contributed by atoms with Crippen molar-refractivity contribution in [2.75, 3.05) is 43.4 Å². The number of anilines is 3. The van der Waals surface area contributed by atoms with Crippen LogP contribution in [0.1, 0.15) is 36.8 Å². The number of likely N-dealkylation sites (tertiary alicyclic amines) is 1. The van der Waals surface area contributed by atoms with Crippen LogP contribution in [-0.4, -0.2) is 55.1 Å². The van der Waals surface area contributed by atoms with Gasteiger partial charge in [0.25, 0.3) is 0 Å². The first kappa shape index (κ1) is 31.2. The number of nitriles is 1. The summed E-state index contributed by atoms with van der Waals surface area (Å²) >= 11 is 6.64. The van der Waals surface area contributed by atoms with Crippen LogP contribution < -0.4 is 25.4 Å². The van der Waals surface area contributed by atoms with Crippen LogP contribution in [-0.2, 0) is 11.4 Å². The number of hydrogen-bond acceptors (Lipinski definition) is 8. The second kappa shape index (κ2) is 14.1. The number of nitrogens with zero attached hydrogens (tertiary/aromatic N) is 4. The fraction of sp³-hybridized carbons (Fsp3) is 0.306. The summed E-state index contributed by atoms with van der Waals surface area (Å²) in [6.45, 7) is 3.79. The molecule has 236 valence electrons. The molecule has 1 aromatic heterocycles. The number of benzene rings is 3. The highest BCUT2D eigenvalue weighted by Gasteiger charge is 2.25. The van der Waals surface area contributed by atoms with Gasteiger partial charge in [-0.05, 0) is 62.6 Å². The molecule has 3 N–H and O–H groups in total. The fourth-order valence-corrected chi connectivity index (χ4v) is 6.24. The summed E-state index contributed by atoms with van der Waals surface area (Å²) in [7, 11) is 2.13. The molecule has 0 radical (unpaired) electrons. The van der Waals surface area contributed by atoms with Gasteiger partial charge in [0.05, 0.1) is 27.5 Å². The maximum atomic E-state index is 11.5. The number of hydrogen-bond donors (Lipinski definition) is 2. The summed E-state index contributed by atoms with van der Waals surface area (Å²) in [4.78, 5) is 20.7. The lowest BCUT2D eigenvalue weighted by Crippen LogP contribution is -2.36. The van der Waals surface area contributed by atoms with E-state index < -0.39 is 5.91 Å². The van der Waals surface area contributed by atoms with Crippen molar-refractivity contribution in [3.63, 3.8) is 0 Å². The van der Waals surface area contributed by atoms with Crippen molar-refractivity contribution in [1.29, 1.82) is 5.26 Å². The predicted molar refractivity (Wildman–Crippen MR) is 182 cm³/mol. The molecule has 3 aromatic carbocycles. The Morgan fingerprint density at radius 2 is 1.85 bits per heavy atom. The Bertz CT molecular complexity index is 1790. The maximum absolute atomic E-state index is 11.5. The Labute approximate surface area is 274 Å². The van der Waals surface area contributed by atoms with Gasteiger partial charge in [0.2, 0.25) is 5.91 Å². The first-order valence-corrected chi connectivity index (χ1v) is 15.9. The van der Waals surface area contributed by atoms with Crippen LogP contribution >= 0.6 is 11.6 Å². The van der Waals surface area contributed by atoms with Gasteiger partial charge >= 0.3 is 0 Å². The van der Waals surface area contributed by atoms with Crippen molar-refractivity contribution in [2.24, 2.45) is 5.73 Å². The highest BCUT2D eigenvalue weighted by molar-refractivity contribution is 6.32. The highest BCUT2D eigenvalue weighted by atomic mass is 35.5. The normalized spacial score (nSPS) is 15.8. The van der Waals surface area contributed by atoms with Gasteiger partial charge in [0.15, 0.2) is 0 Å². The number of ether oxygens (including phenoxy) is 2. The van der Waals surface area contributed by atoms with Crippen molar-refractivity contribution in [3.05, 3.63) is 94.7 Å². The quantitative estimate of drug-likeness (QED) is 0.198. The lowest BCUT2D eigenvalue weighted by Gasteiger charge is -2.34. The van der Waals surface area contributed by atoms with Gasteiger partial charge in [-0.2, -0.15) is 5.26 Å². The van der Waals surface area contributed by atoms with Crippen LogP contribution in [0.4, 0.5) is 17.1 Å². The predicted octanol–water partition coefficient (Wildman–Crippen LogP) is 6.57. The zero-order valence-corrected chi connectivity index (χ0v) is 26.6. The van der Waals surface area contributed by atoms with Crippen LogP contribution in [0.15, 0.2) is 78.5 Å². The third-order valence-electron chi connectivity index (χ3n) is 8.56. The molecule has 0 bridgehead atoms. The number of aromatic nitrogens is 1. The topological polar surface area (TPSA) is 117 Å². The number of amides is 1. The van der Waals surface area contributed by atoms with Gasteiger partial charge in [-0.1, -0.05) is 47.5 Å². The summed E-state index contributed by atoms with van der Waals surface area (Å²) in [5.74, 6) is 0.932. The minimum absolute atomic E-state index is 0.100. The Balaban J connectivity index is 1.32. The first-order chi connectivity index (χ1) is 22.4. The molecule has 0 unspecified atom stereocenters. The third kappa shape index (κ3) is 7.36. The summed E-state index contributed by atoms with van der Waals surface area (Å²) in [5.41, 5.74) is 10.9. The van der Waals surface area contributed by atoms with Crippen LogP contribution in [0.2, 0.25) is 5.02 Å². The molecular formula is C36H37ClN6O3. The van der Waals surface area contributed by atoms with Crippen LogP contribution in [0.5, 0.6) is 11.5 Å². The second-order valence-corrected chi connectivity index (χ2v) is 12.3. The summed E-state index contributed by atoms with van der Waals surface area (Å²) in [5, 5.41) is 14.8. The highest BCUT2D eigenvalue weighted by Crippen LogP contribution is 2.40. The molecule has 3 heterocycles. The van der Waals surface area contributed by atoms with Crippen molar-refractivity contribution < 1.29 is 14.3 Å². The van der Waals surface area contributed by atoms with Crippen LogP contribution in [0, 0.1) is 11.3 Å². The smallest absolute Gasteiger partial charge is 0.241 e. The number of primary amides is 1. The molecule has 0 spiro atoms. The first-order valence-electron chi connectivity index (χ1n) is 15.6. The zero-order valence-electron chi connectivity index (χ0n) is 25.8.